The molecule has 0 saturated heterocycles. The summed E-state index contributed by atoms with van der Waals surface area (Å²) < 4.78 is 5.96. The number of hydrogen-bond acceptors (Lipinski definition) is 3. The second-order valence-electron chi connectivity index (χ2n) is 4.19. The molecule has 0 spiro atoms. The van der Waals surface area contributed by atoms with Crippen molar-refractivity contribution in [2.45, 2.75) is 6.10 Å². The van der Waals surface area contributed by atoms with Crippen molar-refractivity contribution in [2.75, 3.05) is 20.6 Å². The van der Waals surface area contributed by atoms with E-state index in [1.807, 2.05) is 44.4 Å². The van der Waals surface area contributed by atoms with Crippen molar-refractivity contribution in [1.82, 2.24) is 14.9 Å². The highest BCUT2D eigenvalue weighted by atomic mass is 16.5. The molecule has 0 amide bonds. The van der Waals surface area contributed by atoms with E-state index in [2.05, 4.69) is 14.9 Å². The quantitative estimate of drug-likeness (QED) is 0.856. The molecule has 0 aliphatic heterocycles. The van der Waals surface area contributed by atoms with Gasteiger partial charge in [0.1, 0.15) is 5.75 Å². The fourth-order valence-corrected chi connectivity index (χ4v) is 1.64. The predicted octanol–water partition coefficient (Wildman–Crippen LogP) is 2.09. The molecule has 90 valence electrons. The number of para-hydroxylation sites is 1. The van der Waals surface area contributed by atoms with E-state index in [0.717, 1.165) is 18.0 Å². The van der Waals surface area contributed by atoms with Crippen molar-refractivity contribution in [2.24, 2.45) is 0 Å². The number of imidazole rings is 1. The molecule has 4 heteroatoms. The van der Waals surface area contributed by atoms with E-state index < -0.39 is 0 Å². The van der Waals surface area contributed by atoms with E-state index >= 15 is 0 Å². The highest BCUT2D eigenvalue weighted by Gasteiger charge is 2.15. The molecule has 0 radical (unpaired) electrons. The van der Waals surface area contributed by atoms with Crippen LogP contribution in [0.1, 0.15) is 11.8 Å². The number of benzene rings is 1. The van der Waals surface area contributed by atoms with Gasteiger partial charge in [0, 0.05) is 6.54 Å². The molecule has 2 rings (SSSR count). The van der Waals surface area contributed by atoms with Crippen LogP contribution in [-0.4, -0.2) is 35.5 Å². The maximum absolute atomic E-state index is 5.96. The maximum Gasteiger partial charge on any atom is 0.152 e. The molecule has 1 heterocycles. The third-order valence-electron chi connectivity index (χ3n) is 2.42. The van der Waals surface area contributed by atoms with Crippen LogP contribution >= 0.6 is 0 Å². The average molecular weight is 231 g/mol. The summed E-state index contributed by atoms with van der Waals surface area (Å²) in [5.74, 6) is 0.869. The first-order valence-corrected chi connectivity index (χ1v) is 5.60. The van der Waals surface area contributed by atoms with Crippen LogP contribution in [0.2, 0.25) is 0 Å². The number of aromatic amines is 1. The summed E-state index contributed by atoms with van der Waals surface area (Å²) in [5, 5.41) is 0. The van der Waals surface area contributed by atoms with Gasteiger partial charge in [-0.1, -0.05) is 18.2 Å². The first-order valence-electron chi connectivity index (χ1n) is 5.60. The van der Waals surface area contributed by atoms with Crippen molar-refractivity contribution in [3.63, 3.8) is 0 Å². The number of nitrogens with zero attached hydrogens (tertiary/aromatic N) is 2. The topological polar surface area (TPSA) is 41.1 Å². The lowest BCUT2D eigenvalue weighted by Gasteiger charge is -2.21. The summed E-state index contributed by atoms with van der Waals surface area (Å²) in [7, 11) is 4.05. The first kappa shape index (κ1) is 11.7. The van der Waals surface area contributed by atoms with E-state index in [1.165, 1.54) is 0 Å². The van der Waals surface area contributed by atoms with Crippen molar-refractivity contribution in [3.8, 4) is 5.75 Å². The highest BCUT2D eigenvalue weighted by Crippen LogP contribution is 2.20. The highest BCUT2D eigenvalue weighted by molar-refractivity contribution is 5.22. The average Bonchev–Trinajstić information content (AvgIpc) is 2.82. The fourth-order valence-electron chi connectivity index (χ4n) is 1.64. The van der Waals surface area contributed by atoms with E-state index in [4.69, 9.17) is 4.74 Å². The fraction of sp³-hybridized carbons (Fsp3) is 0.308. The van der Waals surface area contributed by atoms with Gasteiger partial charge < -0.3 is 14.6 Å². The van der Waals surface area contributed by atoms with Crippen LogP contribution in [0.3, 0.4) is 0 Å². The first-order chi connectivity index (χ1) is 8.25. The number of hydrogen-bond donors (Lipinski definition) is 1. The summed E-state index contributed by atoms with van der Waals surface area (Å²) >= 11 is 0. The van der Waals surface area contributed by atoms with Crippen molar-refractivity contribution < 1.29 is 4.74 Å². The van der Waals surface area contributed by atoms with Crippen LogP contribution in [-0.2, 0) is 0 Å². The number of likely N-dealkylation sites (N-methyl/N-ethyl adjacent to an activating group) is 1. The number of aromatic nitrogens is 2. The molecular formula is C13H17N3O. The van der Waals surface area contributed by atoms with Gasteiger partial charge in [-0.25, -0.2) is 4.98 Å². The lowest BCUT2D eigenvalue weighted by molar-refractivity contribution is 0.158. The summed E-state index contributed by atoms with van der Waals surface area (Å²) in [6.07, 6.45) is 3.44. The van der Waals surface area contributed by atoms with Gasteiger partial charge in [0.25, 0.3) is 0 Å². The summed E-state index contributed by atoms with van der Waals surface area (Å²) in [6, 6.07) is 9.83. The Kier molecular flexibility index (Phi) is 3.77. The third-order valence-corrected chi connectivity index (χ3v) is 2.42. The molecule has 1 unspecified atom stereocenters. The largest absolute Gasteiger partial charge is 0.483 e. The normalized spacial score (nSPS) is 12.6. The minimum atomic E-state index is -0.0325. The molecule has 2 aromatic rings. The molecule has 1 atom stereocenters. The van der Waals surface area contributed by atoms with E-state index in [9.17, 15) is 0 Å². The van der Waals surface area contributed by atoms with Crippen LogP contribution in [0.15, 0.2) is 42.9 Å². The van der Waals surface area contributed by atoms with Crippen LogP contribution in [0, 0.1) is 0 Å². The minimum absolute atomic E-state index is 0.0325. The summed E-state index contributed by atoms with van der Waals surface area (Å²) in [6.45, 7) is 0.803. The molecule has 0 aliphatic rings. The van der Waals surface area contributed by atoms with Gasteiger partial charge in [-0.05, 0) is 26.2 Å². The van der Waals surface area contributed by atoms with Crippen LogP contribution in [0.5, 0.6) is 5.75 Å². The van der Waals surface area contributed by atoms with E-state index in [-0.39, 0.29) is 6.10 Å². The maximum atomic E-state index is 5.96. The molecule has 0 fully saturated rings. The zero-order chi connectivity index (χ0) is 12.1. The second kappa shape index (κ2) is 5.50. The minimum Gasteiger partial charge on any atom is -0.483 e. The van der Waals surface area contributed by atoms with Crippen molar-refractivity contribution in [3.05, 3.63) is 48.5 Å². The standard InChI is InChI=1S/C13H17N3O/c1-16(2)9-13(12-8-14-10-15-12)17-11-6-4-3-5-7-11/h3-8,10,13H,9H2,1-2H3,(H,14,15). The Labute approximate surface area is 101 Å². The molecule has 17 heavy (non-hydrogen) atoms. The Morgan fingerprint density at radius 1 is 1.29 bits per heavy atom. The number of rotatable bonds is 5. The number of nitrogens with one attached hydrogen (secondary N) is 1. The van der Waals surface area contributed by atoms with Crippen molar-refractivity contribution in [1.29, 1.82) is 0 Å². The summed E-state index contributed by atoms with van der Waals surface area (Å²) in [4.78, 5) is 9.23. The van der Waals surface area contributed by atoms with Gasteiger partial charge in [-0.15, -0.1) is 0 Å². The Balaban J connectivity index is 2.11. The lowest BCUT2D eigenvalue weighted by atomic mass is 10.2. The SMILES string of the molecule is CN(C)CC(Oc1ccccc1)c1cnc[nH]1. The zero-order valence-electron chi connectivity index (χ0n) is 10.1. The summed E-state index contributed by atoms with van der Waals surface area (Å²) in [5.41, 5.74) is 0.988. The lowest BCUT2D eigenvalue weighted by Crippen LogP contribution is -2.24. The Morgan fingerprint density at radius 2 is 2.06 bits per heavy atom. The monoisotopic (exact) mass is 231 g/mol. The Hall–Kier alpha value is -1.81. The molecule has 1 aromatic carbocycles. The zero-order valence-corrected chi connectivity index (χ0v) is 10.1. The molecule has 0 aliphatic carbocycles. The third kappa shape index (κ3) is 3.32. The molecule has 0 saturated carbocycles. The smallest absolute Gasteiger partial charge is 0.152 e. The van der Waals surface area contributed by atoms with E-state index in [1.54, 1.807) is 12.5 Å². The molecule has 1 N–H and O–H groups in total. The van der Waals surface area contributed by atoms with E-state index in [0.29, 0.717) is 0 Å². The van der Waals surface area contributed by atoms with Crippen LogP contribution in [0.4, 0.5) is 0 Å². The van der Waals surface area contributed by atoms with Gasteiger partial charge in [0.15, 0.2) is 6.10 Å². The number of H-pyrrole nitrogens is 1. The van der Waals surface area contributed by atoms with Gasteiger partial charge in [0.2, 0.25) is 0 Å². The molecule has 0 bridgehead atoms. The van der Waals surface area contributed by atoms with Gasteiger partial charge in [-0.2, -0.15) is 0 Å². The Morgan fingerprint density at radius 3 is 2.65 bits per heavy atom. The number of ether oxygens (including phenoxy) is 1. The Bertz CT molecular complexity index is 425. The van der Waals surface area contributed by atoms with Crippen LogP contribution < -0.4 is 4.74 Å². The van der Waals surface area contributed by atoms with Gasteiger partial charge >= 0.3 is 0 Å². The molecule has 1 aromatic heterocycles. The molecule has 4 nitrogen and oxygen atoms in total. The van der Waals surface area contributed by atoms with Crippen LogP contribution in [0.25, 0.3) is 0 Å². The second-order valence-corrected chi connectivity index (χ2v) is 4.19. The van der Waals surface area contributed by atoms with Gasteiger partial charge in [-0.3, -0.25) is 0 Å². The predicted molar refractivity (Wildman–Crippen MR) is 67.0 cm³/mol. The van der Waals surface area contributed by atoms with Crippen molar-refractivity contribution >= 4 is 0 Å². The molecular weight excluding hydrogens is 214 g/mol. The van der Waals surface area contributed by atoms with Gasteiger partial charge in [0.05, 0.1) is 18.2 Å².